The molecule has 5 heteroatoms. The highest BCUT2D eigenvalue weighted by molar-refractivity contribution is 5.91. The van der Waals surface area contributed by atoms with E-state index < -0.39 is 0 Å². The Morgan fingerprint density at radius 3 is 2.33 bits per heavy atom. The lowest BCUT2D eigenvalue weighted by Gasteiger charge is -2.00. The number of benzene rings is 2. The second-order valence-corrected chi connectivity index (χ2v) is 6.84. The second-order valence-electron chi connectivity index (χ2n) is 6.84. The molecule has 0 aliphatic carbocycles. The van der Waals surface area contributed by atoms with Gasteiger partial charge in [0.15, 0.2) is 0 Å². The van der Waals surface area contributed by atoms with E-state index in [0.717, 1.165) is 28.2 Å². The summed E-state index contributed by atoms with van der Waals surface area (Å²) in [5, 5.41) is 14.7. The SMILES string of the molecule is N#CC(=Cc1cn(-c2ccccc2)nc1-c1ccccc1)c1cn2ccccc2n1. The fourth-order valence-corrected chi connectivity index (χ4v) is 3.41. The summed E-state index contributed by atoms with van der Waals surface area (Å²) in [5.41, 5.74) is 5.55. The molecule has 3 aromatic heterocycles. The van der Waals surface area contributed by atoms with Crippen LogP contribution in [0.5, 0.6) is 0 Å². The molecule has 0 saturated heterocycles. The molecule has 5 rings (SSSR count). The standard InChI is InChI=1S/C25H17N5/c26-16-20(23-18-29-14-8-7-13-24(29)27-23)15-21-17-30(22-11-5-2-6-12-22)28-25(21)19-9-3-1-4-10-19/h1-15,17-18H. The number of para-hydroxylation sites is 1. The van der Waals surface area contributed by atoms with Gasteiger partial charge in [-0.05, 0) is 30.3 Å². The molecule has 0 amide bonds. The molecule has 5 nitrogen and oxygen atoms in total. The Morgan fingerprint density at radius 1 is 0.867 bits per heavy atom. The third-order valence-electron chi connectivity index (χ3n) is 4.87. The van der Waals surface area contributed by atoms with Crippen molar-refractivity contribution in [2.24, 2.45) is 0 Å². The van der Waals surface area contributed by atoms with Crippen LogP contribution in [0.1, 0.15) is 11.3 Å². The molecule has 0 N–H and O–H groups in total. The number of imidazole rings is 1. The van der Waals surface area contributed by atoms with Gasteiger partial charge in [-0.3, -0.25) is 0 Å². The van der Waals surface area contributed by atoms with E-state index in [1.807, 2.05) is 113 Å². The van der Waals surface area contributed by atoms with Crippen molar-refractivity contribution in [1.29, 1.82) is 5.26 Å². The molecule has 0 saturated carbocycles. The molecule has 0 radical (unpaired) electrons. The summed E-state index contributed by atoms with van der Waals surface area (Å²) in [6.07, 6.45) is 7.60. The molecule has 142 valence electrons. The maximum absolute atomic E-state index is 9.86. The lowest BCUT2D eigenvalue weighted by atomic mass is 10.1. The van der Waals surface area contributed by atoms with E-state index in [-0.39, 0.29) is 0 Å². The number of fused-ring (bicyclic) bond motifs is 1. The van der Waals surface area contributed by atoms with Crippen LogP contribution in [0.3, 0.4) is 0 Å². The van der Waals surface area contributed by atoms with E-state index in [1.54, 1.807) is 0 Å². The largest absolute Gasteiger partial charge is 0.306 e. The minimum atomic E-state index is 0.489. The van der Waals surface area contributed by atoms with Gasteiger partial charge in [0.25, 0.3) is 0 Å². The summed E-state index contributed by atoms with van der Waals surface area (Å²) < 4.78 is 3.75. The van der Waals surface area contributed by atoms with Crippen LogP contribution in [0.15, 0.2) is 97.5 Å². The van der Waals surface area contributed by atoms with Crippen molar-refractivity contribution in [2.75, 3.05) is 0 Å². The van der Waals surface area contributed by atoms with Crippen molar-refractivity contribution in [1.82, 2.24) is 19.2 Å². The van der Waals surface area contributed by atoms with Gasteiger partial charge in [0.05, 0.1) is 22.6 Å². The van der Waals surface area contributed by atoms with Crippen molar-refractivity contribution < 1.29 is 0 Å². The third-order valence-corrected chi connectivity index (χ3v) is 4.87. The van der Waals surface area contributed by atoms with Crippen molar-refractivity contribution in [3.63, 3.8) is 0 Å². The van der Waals surface area contributed by atoms with Crippen LogP contribution >= 0.6 is 0 Å². The first-order valence-corrected chi connectivity index (χ1v) is 9.58. The molecule has 3 heterocycles. The topological polar surface area (TPSA) is 58.9 Å². The van der Waals surface area contributed by atoms with Gasteiger partial charge >= 0.3 is 0 Å². The number of hydrogen-bond donors (Lipinski definition) is 0. The van der Waals surface area contributed by atoms with Crippen LogP contribution < -0.4 is 0 Å². The van der Waals surface area contributed by atoms with Crippen LogP contribution in [0.4, 0.5) is 0 Å². The number of hydrogen-bond acceptors (Lipinski definition) is 3. The average Bonchev–Trinajstić information content (AvgIpc) is 3.43. The quantitative estimate of drug-likeness (QED) is 0.396. The minimum Gasteiger partial charge on any atom is -0.306 e. The zero-order valence-electron chi connectivity index (χ0n) is 16.1. The monoisotopic (exact) mass is 387 g/mol. The molecular formula is C25H17N5. The van der Waals surface area contributed by atoms with Crippen molar-refractivity contribution >= 4 is 17.3 Å². The van der Waals surface area contributed by atoms with Gasteiger partial charge in [-0.1, -0.05) is 54.6 Å². The fourth-order valence-electron chi connectivity index (χ4n) is 3.41. The molecule has 0 spiro atoms. The van der Waals surface area contributed by atoms with Crippen molar-refractivity contribution in [3.8, 4) is 23.0 Å². The highest BCUT2D eigenvalue weighted by Crippen LogP contribution is 2.27. The van der Waals surface area contributed by atoms with Gasteiger partial charge in [0.1, 0.15) is 11.7 Å². The Kier molecular flexibility index (Phi) is 4.43. The van der Waals surface area contributed by atoms with Gasteiger partial charge in [0.2, 0.25) is 0 Å². The number of nitriles is 1. The number of nitrogens with zero attached hydrogens (tertiary/aromatic N) is 5. The van der Waals surface area contributed by atoms with E-state index in [0.29, 0.717) is 11.3 Å². The first kappa shape index (κ1) is 17.7. The Bertz CT molecular complexity index is 1350. The van der Waals surface area contributed by atoms with Gasteiger partial charge < -0.3 is 4.40 Å². The zero-order valence-corrected chi connectivity index (χ0v) is 16.1. The lowest BCUT2D eigenvalue weighted by Crippen LogP contribution is -1.93. The predicted octanol–water partition coefficient (Wildman–Crippen LogP) is 5.25. The molecule has 5 aromatic rings. The maximum atomic E-state index is 9.86. The Balaban J connectivity index is 1.66. The van der Waals surface area contributed by atoms with Crippen LogP contribution in [-0.2, 0) is 0 Å². The molecular weight excluding hydrogens is 370 g/mol. The molecule has 2 aromatic carbocycles. The summed E-state index contributed by atoms with van der Waals surface area (Å²) in [4.78, 5) is 4.59. The van der Waals surface area contributed by atoms with Crippen molar-refractivity contribution in [3.05, 3.63) is 109 Å². The summed E-state index contributed by atoms with van der Waals surface area (Å²) in [6.45, 7) is 0. The molecule has 0 fully saturated rings. The van der Waals surface area contributed by atoms with E-state index in [9.17, 15) is 5.26 Å². The van der Waals surface area contributed by atoms with Gasteiger partial charge in [-0.2, -0.15) is 10.4 Å². The first-order valence-electron chi connectivity index (χ1n) is 9.58. The highest BCUT2D eigenvalue weighted by atomic mass is 15.3. The Labute approximate surface area is 173 Å². The second kappa shape index (κ2) is 7.53. The maximum Gasteiger partial charge on any atom is 0.137 e. The molecule has 0 aliphatic heterocycles. The molecule has 30 heavy (non-hydrogen) atoms. The number of rotatable bonds is 4. The highest BCUT2D eigenvalue weighted by Gasteiger charge is 2.14. The van der Waals surface area contributed by atoms with Crippen LogP contribution in [0.25, 0.3) is 34.2 Å². The van der Waals surface area contributed by atoms with Crippen molar-refractivity contribution in [2.45, 2.75) is 0 Å². The van der Waals surface area contributed by atoms with Gasteiger partial charge in [0, 0.05) is 29.7 Å². The van der Waals surface area contributed by atoms with E-state index in [2.05, 4.69) is 11.1 Å². The number of aromatic nitrogens is 4. The molecule has 0 bridgehead atoms. The van der Waals surface area contributed by atoms with E-state index in [1.165, 1.54) is 0 Å². The summed E-state index contributed by atoms with van der Waals surface area (Å²) in [6, 6.07) is 28.0. The fraction of sp³-hybridized carbons (Fsp3) is 0. The summed E-state index contributed by atoms with van der Waals surface area (Å²) >= 11 is 0. The number of pyridine rings is 1. The normalized spacial score (nSPS) is 11.5. The minimum absolute atomic E-state index is 0.489. The molecule has 0 aliphatic rings. The molecule has 0 atom stereocenters. The third kappa shape index (κ3) is 3.27. The lowest BCUT2D eigenvalue weighted by molar-refractivity contribution is 0.884. The van der Waals surface area contributed by atoms with Crippen LogP contribution in [0, 0.1) is 11.3 Å². The van der Waals surface area contributed by atoms with Crippen LogP contribution in [0.2, 0.25) is 0 Å². The Morgan fingerprint density at radius 2 is 1.60 bits per heavy atom. The summed E-state index contributed by atoms with van der Waals surface area (Å²) in [5.74, 6) is 0. The average molecular weight is 387 g/mol. The van der Waals surface area contributed by atoms with Gasteiger partial charge in [-0.15, -0.1) is 0 Å². The number of allylic oxidation sites excluding steroid dienone is 1. The van der Waals surface area contributed by atoms with Crippen LogP contribution in [-0.4, -0.2) is 19.2 Å². The summed E-state index contributed by atoms with van der Waals surface area (Å²) in [7, 11) is 0. The molecule has 0 unspecified atom stereocenters. The Hall–Kier alpha value is -4.43. The van der Waals surface area contributed by atoms with E-state index >= 15 is 0 Å². The van der Waals surface area contributed by atoms with E-state index in [4.69, 9.17) is 5.10 Å². The zero-order chi connectivity index (χ0) is 20.3. The smallest absolute Gasteiger partial charge is 0.137 e. The first-order chi connectivity index (χ1) is 14.8. The van der Waals surface area contributed by atoms with Gasteiger partial charge in [-0.25, -0.2) is 9.67 Å². The predicted molar refractivity (Wildman–Crippen MR) is 118 cm³/mol.